The lowest BCUT2D eigenvalue weighted by Gasteiger charge is -2.24. The average Bonchev–Trinajstić information content (AvgIpc) is 3.25. The molecule has 1 amide bonds. The van der Waals surface area contributed by atoms with E-state index in [0.29, 0.717) is 19.3 Å². The summed E-state index contributed by atoms with van der Waals surface area (Å²) in [6, 6.07) is -0.699. The normalized spacial score (nSPS) is 13.2. The first-order chi connectivity index (χ1) is 30.0. The molecule has 3 atom stereocenters. The van der Waals surface area contributed by atoms with Gasteiger partial charge in [0.15, 0.2) is 0 Å². The molecule has 0 saturated carbocycles. The summed E-state index contributed by atoms with van der Waals surface area (Å²) in [4.78, 5) is 26.1. The van der Waals surface area contributed by atoms with Crippen molar-refractivity contribution in [3.05, 3.63) is 12.2 Å². The van der Waals surface area contributed by atoms with E-state index in [4.69, 9.17) is 4.74 Å². The number of rotatable bonds is 50. The summed E-state index contributed by atoms with van der Waals surface area (Å²) in [5.74, 6) is -0.475. The van der Waals surface area contributed by atoms with E-state index in [1.807, 2.05) is 0 Å². The predicted molar refractivity (Wildman–Crippen MR) is 264 cm³/mol. The molecule has 362 valence electrons. The number of aliphatic hydroxyl groups is 2. The Balaban J connectivity index is 4.31. The molecule has 0 radical (unpaired) electrons. The molecule has 0 spiro atoms. The van der Waals surface area contributed by atoms with Crippen LogP contribution < -0.4 is 5.32 Å². The monoisotopic (exact) mass is 862 g/mol. The van der Waals surface area contributed by atoms with Gasteiger partial charge in [-0.05, 0) is 44.9 Å². The van der Waals surface area contributed by atoms with Gasteiger partial charge in [0, 0.05) is 6.42 Å². The van der Waals surface area contributed by atoms with E-state index in [2.05, 4.69) is 38.2 Å². The predicted octanol–water partition coefficient (Wildman–Crippen LogP) is 16.5. The Hall–Kier alpha value is -1.40. The van der Waals surface area contributed by atoms with Crippen LogP contribution in [-0.2, 0) is 14.3 Å². The van der Waals surface area contributed by atoms with Gasteiger partial charge in [-0.2, -0.15) is 0 Å². The molecule has 0 bridgehead atoms. The van der Waals surface area contributed by atoms with Gasteiger partial charge in [-0.1, -0.05) is 258 Å². The largest absolute Gasteiger partial charge is 0.462 e. The first kappa shape index (κ1) is 59.6. The van der Waals surface area contributed by atoms with E-state index >= 15 is 0 Å². The number of hydrogen-bond acceptors (Lipinski definition) is 5. The topological polar surface area (TPSA) is 95.9 Å². The highest BCUT2D eigenvalue weighted by molar-refractivity contribution is 5.77. The smallest absolute Gasteiger partial charge is 0.306 e. The molecule has 3 N–H and O–H groups in total. The minimum absolute atomic E-state index is 0.0730. The maximum absolute atomic E-state index is 13.2. The van der Waals surface area contributed by atoms with Crippen molar-refractivity contribution in [3.63, 3.8) is 0 Å². The fourth-order valence-electron chi connectivity index (χ4n) is 8.67. The highest BCUT2D eigenvalue weighted by atomic mass is 16.5. The van der Waals surface area contributed by atoms with Gasteiger partial charge in [-0.15, -0.1) is 0 Å². The summed E-state index contributed by atoms with van der Waals surface area (Å²) in [6.45, 7) is 6.45. The molecule has 0 aromatic rings. The zero-order valence-corrected chi connectivity index (χ0v) is 41.3. The SMILES string of the molecule is CCC/C=C\CCCCCC(CC(=O)NC(CO)C(O)CCCCCCCCCCCCCCCCCCC)OC(=O)CCCCCCCCCCCCCCCCCCC. The van der Waals surface area contributed by atoms with Crippen LogP contribution in [0.1, 0.15) is 303 Å². The number of allylic oxidation sites excluding steroid dienone is 2. The third-order valence-corrected chi connectivity index (χ3v) is 12.8. The Morgan fingerprint density at radius 3 is 1.23 bits per heavy atom. The van der Waals surface area contributed by atoms with Crippen LogP contribution in [-0.4, -0.2) is 46.9 Å². The van der Waals surface area contributed by atoms with Gasteiger partial charge in [0.05, 0.1) is 25.2 Å². The fraction of sp³-hybridized carbons (Fsp3) is 0.927. The summed E-state index contributed by atoms with van der Waals surface area (Å²) in [7, 11) is 0. The molecule has 0 aromatic carbocycles. The quantitative estimate of drug-likeness (QED) is 0.0322. The molecular formula is C55H107NO5. The Kier molecular flexibility index (Phi) is 48.5. The number of ether oxygens (including phenoxy) is 1. The van der Waals surface area contributed by atoms with E-state index in [1.165, 1.54) is 193 Å². The lowest BCUT2D eigenvalue weighted by molar-refractivity contribution is -0.151. The lowest BCUT2D eigenvalue weighted by Crippen LogP contribution is -2.46. The van der Waals surface area contributed by atoms with Crippen molar-refractivity contribution in [2.45, 2.75) is 322 Å². The highest BCUT2D eigenvalue weighted by Crippen LogP contribution is 2.19. The number of unbranched alkanes of at least 4 members (excludes halogenated alkanes) is 36. The Labute approximate surface area is 380 Å². The van der Waals surface area contributed by atoms with Crippen molar-refractivity contribution in [1.82, 2.24) is 5.32 Å². The van der Waals surface area contributed by atoms with Crippen LogP contribution in [0.4, 0.5) is 0 Å². The van der Waals surface area contributed by atoms with E-state index in [-0.39, 0.29) is 24.9 Å². The molecule has 3 unspecified atom stereocenters. The van der Waals surface area contributed by atoms with E-state index in [0.717, 1.165) is 64.2 Å². The van der Waals surface area contributed by atoms with Gasteiger partial charge < -0.3 is 20.3 Å². The van der Waals surface area contributed by atoms with Crippen molar-refractivity contribution in [1.29, 1.82) is 0 Å². The van der Waals surface area contributed by atoms with Crippen molar-refractivity contribution < 1.29 is 24.5 Å². The van der Waals surface area contributed by atoms with Gasteiger partial charge in [0.25, 0.3) is 0 Å². The van der Waals surface area contributed by atoms with Gasteiger partial charge >= 0.3 is 5.97 Å². The number of esters is 1. The second kappa shape index (κ2) is 49.6. The molecule has 6 nitrogen and oxygen atoms in total. The Bertz CT molecular complexity index is 924. The van der Waals surface area contributed by atoms with Crippen molar-refractivity contribution in [3.8, 4) is 0 Å². The van der Waals surface area contributed by atoms with Crippen molar-refractivity contribution >= 4 is 11.9 Å². The van der Waals surface area contributed by atoms with Crippen LogP contribution in [0.15, 0.2) is 12.2 Å². The molecule has 61 heavy (non-hydrogen) atoms. The molecule has 0 aliphatic heterocycles. The van der Waals surface area contributed by atoms with E-state index in [9.17, 15) is 19.8 Å². The third kappa shape index (κ3) is 45.0. The Morgan fingerprint density at radius 1 is 0.459 bits per heavy atom. The standard InChI is InChI=1S/C55H107NO5/c1-4-7-10-13-16-19-21-23-25-27-29-31-33-35-38-41-44-47-53(58)52(50-57)56-54(59)49-51(46-43-40-37-18-15-12-9-6-3)61-55(60)48-45-42-39-36-34-32-30-28-26-24-22-20-17-14-11-8-5-2/h12,15,51-53,57-58H,4-11,13-14,16-50H2,1-3H3,(H,56,59)/b15-12-. The minimum Gasteiger partial charge on any atom is -0.462 e. The Morgan fingerprint density at radius 2 is 0.820 bits per heavy atom. The number of hydrogen-bond donors (Lipinski definition) is 3. The maximum atomic E-state index is 13.2. The van der Waals surface area contributed by atoms with Crippen LogP contribution in [0.3, 0.4) is 0 Å². The number of carbonyl (C=O) groups excluding carboxylic acids is 2. The second-order valence-electron chi connectivity index (χ2n) is 19.0. The molecule has 0 aromatic heterocycles. The molecule has 0 fully saturated rings. The summed E-state index contributed by atoms with van der Waals surface area (Å²) in [5.41, 5.74) is 0. The highest BCUT2D eigenvalue weighted by Gasteiger charge is 2.24. The van der Waals surface area contributed by atoms with Gasteiger partial charge in [-0.3, -0.25) is 9.59 Å². The molecule has 0 aliphatic rings. The average molecular weight is 862 g/mol. The lowest BCUT2D eigenvalue weighted by atomic mass is 10.0. The zero-order chi connectivity index (χ0) is 44.5. The van der Waals surface area contributed by atoms with E-state index in [1.54, 1.807) is 0 Å². The molecule has 0 rings (SSSR count). The van der Waals surface area contributed by atoms with Crippen LogP contribution >= 0.6 is 0 Å². The van der Waals surface area contributed by atoms with E-state index < -0.39 is 18.2 Å². The molecule has 0 aliphatic carbocycles. The van der Waals surface area contributed by atoms with Crippen LogP contribution in [0, 0.1) is 0 Å². The molecular weight excluding hydrogens is 755 g/mol. The van der Waals surface area contributed by atoms with Crippen LogP contribution in [0.25, 0.3) is 0 Å². The molecule has 6 heteroatoms. The first-order valence-corrected chi connectivity index (χ1v) is 27.4. The number of nitrogens with one attached hydrogen (secondary N) is 1. The van der Waals surface area contributed by atoms with Gasteiger partial charge in [0.2, 0.25) is 5.91 Å². The summed E-state index contributed by atoms with van der Waals surface area (Å²) < 4.78 is 5.91. The number of carbonyl (C=O) groups is 2. The van der Waals surface area contributed by atoms with Crippen LogP contribution in [0.2, 0.25) is 0 Å². The van der Waals surface area contributed by atoms with Crippen LogP contribution in [0.5, 0.6) is 0 Å². The second-order valence-corrected chi connectivity index (χ2v) is 19.0. The summed E-state index contributed by atoms with van der Waals surface area (Å²) in [5, 5.41) is 23.8. The summed E-state index contributed by atoms with van der Waals surface area (Å²) in [6.07, 6.45) is 55.8. The number of amides is 1. The third-order valence-electron chi connectivity index (χ3n) is 12.8. The maximum Gasteiger partial charge on any atom is 0.306 e. The van der Waals surface area contributed by atoms with Gasteiger partial charge in [0.1, 0.15) is 6.10 Å². The first-order valence-electron chi connectivity index (χ1n) is 27.4. The number of aliphatic hydroxyl groups excluding tert-OH is 2. The molecule has 0 heterocycles. The minimum atomic E-state index is -0.785. The zero-order valence-electron chi connectivity index (χ0n) is 41.3. The molecule has 0 saturated heterocycles. The van der Waals surface area contributed by atoms with Gasteiger partial charge in [-0.25, -0.2) is 0 Å². The summed E-state index contributed by atoms with van der Waals surface area (Å²) >= 11 is 0. The van der Waals surface area contributed by atoms with Crippen molar-refractivity contribution in [2.24, 2.45) is 0 Å². The van der Waals surface area contributed by atoms with Crippen molar-refractivity contribution in [2.75, 3.05) is 6.61 Å². The fourth-order valence-corrected chi connectivity index (χ4v) is 8.67.